The monoisotopic (exact) mass is 510 g/mol. The third-order valence-corrected chi connectivity index (χ3v) is 6.42. The van der Waals surface area contributed by atoms with Crippen LogP contribution in [0.2, 0.25) is 0 Å². The molecular formula is C25H24N3O5S2-. The van der Waals surface area contributed by atoms with Crippen molar-refractivity contribution in [1.82, 2.24) is 4.98 Å². The highest BCUT2D eigenvalue weighted by atomic mass is 32.2. The van der Waals surface area contributed by atoms with Gasteiger partial charge >= 0.3 is 6.09 Å². The molecule has 0 fully saturated rings. The Morgan fingerprint density at radius 1 is 1.14 bits per heavy atom. The minimum Gasteiger partial charge on any atom is -0.755 e. The summed E-state index contributed by atoms with van der Waals surface area (Å²) in [5, 5.41) is 4.04. The SMILES string of the molecule is CC(C)(C)OC(=O)Nc1cccc(CSc2ncccc2N(c2cc3ccccc3o2)S(=O)[O-])c1. The maximum atomic E-state index is 12.2. The number of carbonyl (C=O) groups is 1. The minimum absolute atomic E-state index is 0.179. The van der Waals surface area contributed by atoms with Gasteiger partial charge in [0.2, 0.25) is 5.88 Å². The number of pyridine rings is 1. The third kappa shape index (κ3) is 6.41. The first-order valence-corrected chi connectivity index (χ1v) is 12.8. The first kappa shape index (κ1) is 24.8. The van der Waals surface area contributed by atoms with Crippen LogP contribution in [0, 0.1) is 0 Å². The zero-order valence-electron chi connectivity index (χ0n) is 19.4. The highest BCUT2D eigenvalue weighted by Gasteiger charge is 2.20. The van der Waals surface area contributed by atoms with Crippen LogP contribution in [0.1, 0.15) is 26.3 Å². The summed E-state index contributed by atoms with van der Waals surface area (Å²) in [5.74, 6) is 0.672. The quantitative estimate of drug-likeness (QED) is 0.226. The van der Waals surface area contributed by atoms with E-state index in [0.717, 1.165) is 15.3 Å². The van der Waals surface area contributed by atoms with Crippen molar-refractivity contribution in [2.24, 2.45) is 0 Å². The van der Waals surface area contributed by atoms with E-state index in [-0.39, 0.29) is 5.88 Å². The van der Waals surface area contributed by atoms with Crippen LogP contribution in [0.5, 0.6) is 0 Å². The van der Waals surface area contributed by atoms with Crippen molar-refractivity contribution < 1.29 is 22.7 Å². The second-order valence-corrected chi connectivity index (χ2v) is 10.3. The van der Waals surface area contributed by atoms with E-state index >= 15 is 0 Å². The molecule has 35 heavy (non-hydrogen) atoms. The number of thioether (sulfide) groups is 1. The maximum Gasteiger partial charge on any atom is 0.412 e. The molecule has 0 aliphatic heterocycles. The van der Waals surface area contributed by atoms with Crippen LogP contribution in [0.25, 0.3) is 11.0 Å². The molecule has 4 aromatic rings. The van der Waals surface area contributed by atoms with Crippen molar-refractivity contribution in [2.75, 3.05) is 9.62 Å². The molecule has 1 atom stereocenters. The van der Waals surface area contributed by atoms with Gasteiger partial charge < -0.3 is 13.7 Å². The van der Waals surface area contributed by atoms with Crippen molar-refractivity contribution in [3.8, 4) is 0 Å². The molecule has 1 amide bonds. The topological polar surface area (TPSA) is 108 Å². The normalized spacial score (nSPS) is 12.3. The van der Waals surface area contributed by atoms with Crippen LogP contribution in [0.4, 0.5) is 22.1 Å². The molecule has 2 aromatic heterocycles. The van der Waals surface area contributed by atoms with Gasteiger partial charge in [0.15, 0.2) is 0 Å². The van der Waals surface area contributed by atoms with E-state index < -0.39 is 23.0 Å². The lowest BCUT2D eigenvalue weighted by atomic mass is 10.2. The molecule has 0 spiro atoms. The molecule has 2 heterocycles. The number of hydrogen-bond donors (Lipinski definition) is 1. The molecule has 182 valence electrons. The predicted molar refractivity (Wildman–Crippen MR) is 137 cm³/mol. The molecule has 0 aliphatic rings. The highest BCUT2D eigenvalue weighted by molar-refractivity contribution is 7.98. The number of ether oxygens (including phenoxy) is 1. The van der Waals surface area contributed by atoms with Crippen LogP contribution < -0.4 is 9.62 Å². The van der Waals surface area contributed by atoms with Crippen LogP contribution in [-0.4, -0.2) is 25.4 Å². The van der Waals surface area contributed by atoms with E-state index in [4.69, 9.17) is 9.15 Å². The van der Waals surface area contributed by atoms with Gasteiger partial charge in [-0.3, -0.25) is 9.53 Å². The number of amides is 1. The molecule has 4 rings (SSSR count). The van der Waals surface area contributed by atoms with Crippen molar-refractivity contribution >= 4 is 57.3 Å². The third-order valence-electron chi connectivity index (χ3n) is 4.68. The molecule has 2 aromatic carbocycles. The molecule has 1 unspecified atom stereocenters. The molecule has 0 saturated carbocycles. The van der Waals surface area contributed by atoms with Crippen LogP contribution in [-0.2, 0) is 21.8 Å². The van der Waals surface area contributed by atoms with Gasteiger partial charge in [-0.05, 0) is 56.7 Å². The fraction of sp³-hybridized carbons (Fsp3) is 0.200. The summed E-state index contributed by atoms with van der Waals surface area (Å²) in [6.07, 6.45) is 1.07. The van der Waals surface area contributed by atoms with Gasteiger partial charge in [0.05, 0.1) is 17.0 Å². The van der Waals surface area contributed by atoms with E-state index in [0.29, 0.717) is 27.7 Å². The summed E-state index contributed by atoms with van der Waals surface area (Å²) in [6, 6.07) is 19.7. The molecule has 10 heteroatoms. The second kappa shape index (κ2) is 10.5. The molecule has 0 aliphatic carbocycles. The summed E-state index contributed by atoms with van der Waals surface area (Å²) in [7, 11) is 0. The number of nitrogens with one attached hydrogen (secondary N) is 1. The molecule has 0 bridgehead atoms. The summed E-state index contributed by atoms with van der Waals surface area (Å²) in [6.45, 7) is 5.40. The highest BCUT2D eigenvalue weighted by Crippen LogP contribution is 2.37. The molecule has 8 nitrogen and oxygen atoms in total. The van der Waals surface area contributed by atoms with E-state index in [1.165, 1.54) is 11.8 Å². The van der Waals surface area contributed by atoms with E-state index in [9.17, 15) is 13.6 Å². The number of rotatable bonds is 7. The second-order valence-electron chi connectivity index (χ2n) is 8.58. The smallest absolute Gasteiger partial charge is 0.412 e. The van der Waals surface area contributed by atoms with Crippen molar-refractivity contribution in [3.05, 3.63) is 78.5 Å². The van der Waals surface area contributed by atoms with Gasteiger partial charge in [-0.1, -0.05) is 42.1 Å². The average Bonchev–Trinajstić information content (AvgIpc) is 3.21. The molecular weight excluding hydrogens is 486 g/mol. The fourth-order valence-electron chi connectivity index (χ4n) is 3.30. The lowest BCUT2D eigenvalue weighted by Gasteiger charge is -2.25. The van der Waals surface area contributed by atoms with E-state index in [2.05, 4.69) is 10.3 Å². The number of furan rings is 1. The van der Waals surface area contributed by atoms with Crippen molar-refractivity contribution in [3.63, 3.8) is 0 Å². The van der Waals surface area contributed by atoms with Gasteiger partial charge in [0.1, 0.15) is 16.2 Å². The molecule has 0 radical (unpaired) electrons. The number of aromatic nitrogens is 1. The number of hydrogen-bond acceptors (Lipinski definition) is 7. The fourth-order valence-corrected chi connectivity index (χ4v) is 4.83. The standard InChI is InChI=1S/C25H25N3O5S2/c1-25(2,3)33-24(29)27-19-10-6-8-17(14-19)16-34-23-20(11-7-13-26-23)28(35(30)31)22-15-18-9-4-5-12-21(18)32-22/h4-15H,16H2,1-3H3,(H,27,29)(H,30,31)/p-1. The lowest BCUT2D eigenvalue weighted by molar-refractivity contribution is 0.0636. The van der Waals surface area contributed by atoms with Crippen molar-refractivity contribution in [1.29, 1.82) is 0 Å². The Morgan fingerprint density at radius 3 is 2.69 bits per heavy atom. The predicted octanol–water partition coefficient (Wildman–Crippen LogP) is 6.40. The number of anilines is 3. The van der Waals surface area contributed by atoms with Crippen LogP contribution in [0.3, 0.4) is 0 Å². The number of para-hydroxylation sites is 1. The molecule has 1 N–H and O–H groups in total. The minimum atomic E-state index is -2.63. The average molecular weight is 511 g/mol. The summed E-state index contributed by atoms with van der Waals surface area (Å²) < 4.78 is 36.6. The Bertz CT molecular complexity index is 1330. The van der Waals surface area contributed by atoms with Gasteiger partial charge in [0, 0.05) is 29.1 Å². The Hall–Kier alpha value is -3.34. The summed E-state index contributed by atoms with van der Waals surface area (Å²) in [5.41, 5.74) is 1.89. The lowest BCUT2D eigenvalue weighted by Crippen LogP contribution is -2.27. The Balaban J connectivity index is 1.54. The number of benzene rings is 2. The van der Waals surface area contributed by atoms with E-state index in [1.54, 1.807) is 57.3 Å². The maximum absolute atomic E-state index is 12.2. The zero-order chi connectivity index (χ0) is 25.0. The van der Waals surface area contributed by atoms with Crippen LogP contribution >= 0.6 is 11.8 Å². The Kier molecular flexibility index (Phi) is 7.44. The first-order valence-electron chi connectivity index (χ1n) is 10.7. The summed E-state index contributed by atoms with van der Waals surface area (Å²) >= 11 is -1.26. The number of nitrogens with zero attached hydrogens (tertiary/aromatic N) is 2. The zero-order valence-corrected chi connectivity index (χ0v) is 21.0. The molecule has 0 saturated heterocycles. The van der Waals surface area contributed by atoms with Gasteiger partial charge in [-0.2, -0.15) is 0 Å². The van der Waals surface area contributed by atoms with Crippen LogP contribution in [0.15, 0.2) is 82.4 Å². The largest absolute Gasteiger partial charge is 0.755 e. The van der Waals surface area contributed by atoms with E-state index in [1.807, 2.05) is 36.4 Å². The summed E-state index contributed by atoms with van der Waals surface area (Å²) in [4.78, 5) is 16.5. The Morgan fingerprint density at radius 2 is 1.94 bits per heavy atom. The number of fused-ring (bicyclic) bond motifs is 1. The Labute approximate surface area is 210 Å². The first-order chi connectivity index (χ1) is 16.7. The van der Waals surface area contributed by atoms with Gasteiger partial charge in [-0.15, -0.1) is 0 Å². The van der Waals surface area contributed by atoms with Gasteiger partial charge in [0.25, 0.3) is 0 Å². The van der Waals surface area contributed by atoms with Crippen molar-refractivity contribution in [2.45, 2.75) is 37.2 Å². The number of carbonyl (C=O) groups excluding carboxylic acids is 1. The van der Waals surface area contributed by atoms with Gasteiger partial charge in [-0.25, -0.2) is 14.1 Å².